The van der Waals surface area contributed by atoms with Gasteiger partial charge >= 0.3 is 6.09 Å². The second-order valence-corrected chi connectivity index (χ2v) is 13.9. The third-order valence-electron chi connectivity index (χ3n) is 8.25. The quantitative estimate of drug-likeness (QED) is 0.117. The summed E-state index contributed by atoms with van der Waals surface area (Å²) in [6, 6.07) is 25.9. The predicted molar refractivity (Wildman–Crippen MR) is 198 cm³/mol. The van der Waals surface area contributed by atoms with Gasteiger partial charge in [0.15, 0.2) is 5.75 Å². The monoisotopic (exact) mass is 707 g/mol. The van der Waals surface area contributed by atoms with E-state index >= 15 is 0 Å². The summed E-state index contributed by atoms with van der Waals surface area (Å²) in [5.41, 5.74) is 5.72. The molecule has 7 nitrogen and oxygen atoms in total. The van der Waals surface area contributed by atoms with E-state index in [4.69, 9.17) is 42.1 Å². The van der Waals surface area contributed by atoms with Crippen molar-refractivity contribution >= 4 is 29.3 Å². The van der Waals surface area contributed by atoms with Crippen LogP contribution in [0.3, 0.4) is 0 Å². The fourth-order valence-electron chi connectivity index (χ4n) is 5.78. The van der Waals surface area contributed by atoms with Crippen molar-refractivity contribution in [2.45, 2.75) is 58.9 Å². The topological polar surface area (TPSA) is 77.5 Å². The van der Waals surface area contributed by atoms with Crippen LogP contribution in [0.25, 0.3) is 11.1 Å². The van der Waals surface area contributed by atoms with Gasteiger partial charge in [-0.3, -0.25) is 0 Å². The molecule has 0 bridgehead atoms. The molecule has 4 aromatic carbocycles. The van der Waals surface area contributed by atoms with E-state index in [1.165, 1.54) is 4.90 Å². The van der Waals surface area contributed by atoms with Crippen LogP contribution in [0.4, 0.5) is 4.79 Å². The van der Waals surface area contributed by atoms with Crippen LogP contribution in [-0.4, -0.2) is 61.7 Å². The highest BCUT2D eigenvalue weighted by Crippen LogP contribution is 2.36. The molecule has 1 unspecified atom stereocenters. The highest BCUT2D eigenvalue weighted by Gasteiger charge is 2.30. The number of carbonyl (C=O) groups is 1. The van der Waals surface area contributed by atoms with Crippen LogP contribution in [0, 0.1) is 13.8 Å². The second-order valence-electron chi connectivity index (χ2n) is 13.1. The minimum Gasteiger partial charge on any atom is -0.493 e. The molecule has 0 aliphatic heterocycles. The number of nitrogens with zero attached hydrogens (tertiary/aromatic N) is 1. The van der Waals surface area contributed by atoms with Crippen LogP contribution in [0.15, 0.2) is 78.9 Å². The first-order valence-corrected chi connectivity index (χ1v) is 17.3. The van der Waals surface area contributed by atoms with Crippen LogP contribution < -0.4 is 14.2 Å². The number of rotatable bonds is 16. The molecule has 0 spiro atoms. The van der Waals surface area contributed by atoms with Crippen LogP contribution in [0.2, 0.25) is 10.0 Å². The smallest absolute Gasteiger partial charge is 0.407 e. The van der Waals surface area contributed by atoms with Gasteiger partial charge in [0, 0.05) is 43.7 Å². The molecule has 0 aliphatic carbocycles. The average Bonchev–Trinajstić information content (AvgIpc) is 3.04. The maximum Gasteiger partial charge on any atom is 0.407 e. The van der Waals surface area contributed by atoms with E-state index in [-0.39, 0.29) is 12.5 Å². The summed E-state index contributed by atoms with van der Waals surface area (Å²) >= 11 is 12.6. The van der Waals surface area contributed by atoms with E-state index in [2.05, 4.69) is 31.2 Å². The van der Waals surface area contributed by atoms with Gasteiger partial charge in [0.05, 0.1) is 16.7 Å². The standard InChI is InChI=1S/C40H47Cl2NO6/c1-27-22-35(41)38(36(42)23-27)49-21-20-47-32-15-12-29(13-16-32)25-31(26-43(39(44)45)40(3,4)5)33-17-14-30(24-28(33)2)34-10-7-8-11-37(34)48-19-9-18-46-6/h7-8,10-17,22-24,31H,9,18-21,25-26H2,1-6H3,(H,44,45). The summed E-state index contributed by atoms with van der Waals surface area (Å²) in [5, 5.41) is 11.1. The fourth-order valence-corrected chi connectivity index (χ4v) is 6.49. The molecular formula is C40H47Cl2NO6. The third kappa shape index (κ3) is 10.8. The van der Waals surface area contributed by atoms with Gasteiger partial charge in [0.1, 0.15) is 24.7 Å². The van der Waals surface area contributed by atoms with Crippen molar-refractivity contribution in [3.05, 3.63) is 111 Å². The number of halogens is 2. The van der Waals surface area contributed by atoms with Gasteiger partial charge in [0.25, 0.3) is 0 Å². The van der Waals surface area contributed by atoms with E-state index in [1.807, 2.05) is 82.3 Å². The Hall–Kier alpha value is -3.91. The van der Waals surface area contributed by atoms with Gasteiger partial charge in [0.2, 0.25) is 0 Å². The minimum atomic E-state index is -0.939. The van der Waals surface area contributed by atoms with Gasteiger partial charge in [-0.05, 0) is 99.2 Å². The first-order valence-electron chi connectivity index (χ1n) is 16.5. The number of carboxylic acid groups (broad SMARTS) is 1. The highest BCUT2D eigenvalue weighted by molar-refractivity contribution is 6.37. The van der Waals surface area contributed by atoms with E-state index in [0.29, 0.717) is 54.3 Å². The molecule has 0 aromatic heterocycles. The number of aryl methyl sites for hydroxylation is 2. The lowest BCUT2D eigenvalue weighted by Crippen LogP contribution is -2.47. The lowest BCUT2D eigenvalue weighted by molar-refractivity contribution is 0.0956. The third-order valence-corrected chi connectivity index (χ3v) is 8.81. The molecule has 0 aliphatic rings. The highest BCUT2D eigenvalue weighted by atomic mass is 35.5. The molecular weight excluding hydrogens is 661 g/mol. The summed E-state index contributed by atoms with van der Waals surface area (Å²) in [4.78, 5) is 14.0. The Morgan fingerprint density at radius 3 is 2.14 bits per heavy atom. The lowest BCUT2D eigenvalue weighted by Gasteiger charge is -2.36. The summed E-state index contributed by atoms with van der Waals surface area (Å²) in [6.07, 6.45) is 0.511. The molecule has 4 aromatic rings. The van der Waals surface area contributed by atoms with E-state index < -0.39 is 11.6 Å². The molecule has 0 fully saturated rings. The van der Waals surface area contributed by atoms with Crippen molar-refractivity contribution in [3.8, 4) is 28.4 Å². The largest absolute Gasteiger partial charge is 0.493 e. The minimum absolute atomic E-state index is 0.0888. The van der Waals surface area contributed by atoms with Crippen molar-refractivity contribution in [3.63, 3.8) is 0 Å². The van der Waals surface area contributed by atoms with Crippen molar-refractivity contribution in [2.24, 2.45) is 0 Å². The summed E-state index contributed by atoms with van der Waals surface area (Å²) in [7, 11) is 1.69. The van der Waals surface area contributed by atoms with Gasteiger partial charge < -0.3 is 29.0 Å². The Morgan fingerprint density at radius 2 is 1.51 bits per heavy atom. The molecule has 0 saturated carbocycles. The predicted octanol–water partition coefficient (Wildman–Crippen LogP) is 10.3. The van der Waals surface area contributed by atoms with Crippen molar-refractivity contribution in [1.82, 2.24) is 4.90 Å². The number of methoxy groups -OCH3 is 1. The molecule has 4 rings (SSSR count). The Balaban J connectivity index is 1.51. The Kier molecular flexibility index (Phi) is 13.7. The maximum atomic E-state index is 12.4. The van der Waals surface area contributed by atoms with Crippen molar-refractivity contribution in [1.29, 1.82) is 0 Å². The zero-order valence-electron chi connectivity index (χ0n) is 29.2. The Bertz CT molecular complexity index is 1660. The molecule has 1 N–H and O–H groups in total. The molecule has 0 heterocycles. The van der Waals surface area contributed by atoms with Gasteiger partial charge in [-0.1, -0.05) is 71.7 Å². The van der Waals surface area contributed by atoms with Gasteiger partial charge in [-0.2, -0.15) is 0 Å². The zero-order valence-corrected chi connectivity index (χ0v) is 30.7. The molecule has 9 heteroatoms. The molecule has 0 saturated heterocycles. The van der Waals surface area contributed by atoms with Gasteiger partial charge in [-0.15, -0.1) is 0 Å². The summed E-state index contributed by atoms with van der Waals surface area (Å²) < 4.78 is 23.0. The Labute approximate surface area is 300 Å². The number of para-hydroxylation sites is 1. The molecule has 49 heavy (non-hydrogen) atoms. The second kappa shape index (κ2) is 17.7. The summed E-state index contributed by atoms with van der Waals surface area (Å²) in [6.45, 7) is 11.9. The Morgan fingerprint density at radius 1 is 0.837 bits per heavy atom. The summed E-state index contributed by atoms with van der Waals surface area (Å²) in [5.74, 6) is 1.89. The number of hydrogen-bond donors (Lipinski definition) is 1. The molecule has 1 amide bonds. The van der Waals surface area contributed by atoms with Crippen LogP contribution in [0.5, 0.6) is 17.2 Å². The zero-order chi connectivity index (χ0) is 35.6. The number of ether oxygens (including phenoxy) is 4. The van der Waals surface area contributed by atoms with E-state index in [1.54, 1.807) is 7.11 Å². The van der Waals surface area contributed by atoms with E-state index in [0.717, 1.165) is 45.6 Å². The van der Waals surface area contributed by atoms with Crippen molar-refractivity contribution < 1.29 is 28.8 Å². The van der Waals surface area contributed by atoms with Crippen LogP contribution in [-0.2, 0) is 11.2 Å². The normalized spacial score (nSPS) is 12.0. The number of amides is 1. The first-order chi connectivity index (χ1) is 23.4. The van der Waals surface area contributed by atoms with E-state index in [9.17, 15) is 9.90 Å². The molecule has 262 valence electrons. The SMILES string of the molecule is COCCCOc1ccccc1-c1ccc(C(Cc2ccc(OCCOc3c(Cl)cc(C)cc3Cl)cc2)CN(C(=O)O)C(C)(C)C)c(C)c1. The lowest BCUT2D eigenvalue weighted by atomic mass is 9.86. The fraction of sp³-hybridized carbons (Fsp3) is 0.375. The molecule has 1 atom stereocenters. The van der Waals surface area contributed by atoms with Crippen molar-refractivity contribution in [2.75, 3.05) is 40.1 Å². The average molecular weight is 709 g/mol. The first kappa shape index (κ1) is 37.9. The number of hydrogen-bond acceptors (Lipinski definition) is 5. The number of benzene rings is 4. The maximum absolute atomic E-state index is 12.4. The van der Waals surface area contributed by atoms with Gasteiger partial charge in [-0.25, -0.2) is 4.79 Å². The molecule has 0 radical (unpaired) electrons. The van der Waals surface area contributed by atoms with Crippen LogP contribution in [0.1, 0.15) is 55.4 Å². The van der Waals surface area contributed by atoms with Crippen LogP contribution >= 0.6 is 23.2 Å².